The first-order chi connectivity index (χ1) is 34.2. The average Bonchev–Trinajstić information content (AvgIpc) is 3.91. The van der Waals surface area contributed by atoms with Crippen LogP contribution in [-0.2, 0) is 10.8 Å². The van der Waals surface area contributed by atoms with Gasteiger partial charge in [-0.15, -0.1) is 0 Å². The molecule has 1 heteroatoms. The van der Waals surface area contributed by atoms with Crippen molar-refractivity contribution in [3.05, 3.63) is 330 Å². The lowest BCUT2D eigenvalue weighted by Crippen LogP contribution is -2.28. The van der Waals surface area contributed by atoms with E-state index in [1.54, 1.807) is 0 Å². The Balaban J connectivity index is 1.04. The molecule has 0 aromatic heterocycles. The van der Waals surface area contributed by atoms with Crippen LogP contribution in [0.1, 0.15) is 44.5 Å². The highest BCUT2D eigenvalue weighted by molar-refractivity contribution is 5.98. The van der Waals surface area contributed by atoms with Gasteiger partial charge in [0.2, 0.25) is 0 Å². The third-order valence-corrected chi connectivity index (χ3v) is 14.8. The fraction of sp³-hybridized carbons (Fsp3) is 0.0294. The Hall–Kier alpha value is -8.78. The van der Waals surface area contributed by atoms with Crippen molar-refractivity contribution in [1.82, 2.24) is 0 Å². The van der Waals surface area contributed by atoms with Crippen LogP contribution < -0.4 is 4.90 Å². The van der Waals surface area contributed by atoms with Crippen molar-refractivity contribution in [3.8, 4) is 44.5 Å². The highest BCUT2D eigenvalue weighted by Gasteiger charge is 2.48. The number of fused-ring (bicyclic) bond motifs is 6. The van der Waals surface area contributed by atoms with Gasteiger partial charge in [-0.1, -0.05) is 255 Å². The normalized spacial score (nSPS) is 13.4. The molecular weight excluding hydrogens is 831 g/mol. The summed E-state index contributed by atoms with van der Waals surface area (Å²) in [5.74, 6) is 0. The molecule has 0 unspecified atom stereocenters. The maximum Gasteiger partial charge on any atom is 0.0714 e. The van der Waals surface area contributed by atoms with Crippen LogP contribution in [0.4, 0.5) is 17.1 Å². The minimum absolute atomic E-state index is 0.498. The highest BCUT2D eigenvalue weighted by atomic mass is 15.1. The summed E-state index contributed by atoms with van der Waals surface area (Å²) in [7, 11) is 0. The Bertz CT molecular complexity index is 3550. The molecule has 69 heavy (non-hydrogen) atoms. The van der Waals surface area contributed by atoms with Gasteiger partial charge in [-0.3, -0.25) is 0 Å². The third kappa shape index (κ3) is 6.24. The van der Waals surface area contributed by atoms with E-state index >= 15 is 0 Å². The maximum absolute atomic E-state index is 2.50. The molecule has 13 rings (SSSR count). The zero-order chi connectivity index (χ0) is 45.8. The second kappa shape index (κ2) is 16.5. The minimum atomic E-state index is -0.534. The summed E-state index contributed by atoms with van der Waals surface area (Å²) < 4.78 is 0. The minimum Gasteiger partial charge on any atom is -0.310 e. The lowest BCUT2D eigenvalue weighted by molar-refractivity contribution is 0.768. The Labute approximate surface area is 404 Å². The summed E-state index contributed by atoms with van der Waals surface area (Å²) in [6.07, 6.45) is 0. The molecule has 0 heterocycles. The number of hydrogen-bond donors (Lipinski definition) is 0. The molecule has 0 fully saturated rings. The molecule has 0 bridgehead atoms. The Kier molecular flexibility index (Phi) is 9.70. The molecule has 0 radical (unpaired) electrons. The van der Waals surface area contributed by atoms with Crippen LogP contribution in [0.3, 0.4) is 0 Å². The number of rotatable bonds is 9. The van der Waals surface area contributed by atoms with Crippen LogP contribution in [0, 0.1) is 0 Å². The summed E-state index contributed by atoms with van der Waals surface area (Å²) in [5, 5.41) is 0. The Morgan fingerprint density at radius 1 is 0.232 bits per heavy atom. The number of benzene rings is 11. The fourth-order valence-electron chi connectivity index (χ4n) is 12.0. The standard InChI is InChI=1S/C68H47N/c1-5-21-48(22-6-1)49-39-41-50(42-40-49)51-23-19-30-57(47-51)69(56-45-43-55(44-46-56)67(52-24-7-2-8-25-52)61-34-16-13-31-58(61)59-32-14-17-35-62(59)67)65-38-20-37-64-66(65)60-33-15-18-36-63(60)68(64,53-26-9-3-10-27-53)54-28-11-4-12-29-54/h1-47H. The monoisotopic (exact) mass is 877 g/mol. The number of nitrogens with zero attached hydrogens (tertiary/aromatic N) is 1. The van der Waals surface area contributed by atoms with Crippen LogP contribution in [0.25, 0.3) is 44.5 Å². The van der Waals surface area contributed by atoms with Crippen molar-refractivity contribution in [3.63, 3.8) is 0 Å². The zero-order valence-electron chi connectivity index (χ0n) is 38.1. The lowest BCUT2D eigenvalue weighted by atomic mass is 9.67. The van der Waals surface area contributed by atoms with Gasteiger partial charge in [-0.25, -0.2) is 0 Å². The Morgan fingerprint density at radius 3 is 1.16 bits per heavy atom. The van der Waals surface area contributed by atoms with E-state index in [9.17, 15) is 0 Å². The SMILES string of the molecule is c1ccc(-c2ccc(-c3cccc(N(c4ccc(C5(c6ccccc6)c6ccccc6-c6ccccc65)cc4)c4cccc5c4-c4ccccc4C5(c4ccccc4)c4ccccc4)c3)cc2)cc1. The maximum atomic E-state index is 2.50. The van der Waals surface area contributed by atoms with Crippen molar-refractivity contribution in [2.75, 3.05) is 4.90 Å². The van der Waals surface area contributed by atoms with Gasteiger partial charge in [0.1, 0.15) is 0 Å². The van der Waals surface area contributed by atoms with Gasteiger partial charge in [0, 0.05) is 16.9 Å². The molecule has 2 aliphatic rings. The van der Waals surface area contributed by atoms with E-state index in [1.807, 2.05) is 0 Å². The van der Waals surface area contributed by atoms with Crippen molar-refractivity contribution < 1.29 is 0 Å². The molecule has 1 nitrogen and oxygen atoms in total. The van der Waals surface area contributed by atoms with E-state index in [4.69, 9.17) is 0 Å². The second-order valence-electron chi connectivity index (χ2n) is 18.3. The van der Waals surface area contributed by atoms with E-state index in [2.05, 4.69) is 290 Å². The van der Waals surface area contributed by atoms with Gasteiger partial charge in [0.15, 0.2) is 0 Å². The van der Waals surface area contributed by atoms with Crippen molar-refractivity contribution in [1.29, 1.82) is 0 Å². The first-order valence-corrected chi connectivity index (χ1v) is 24.0. The van der Waals surface area contributed by atoms with Crippen LogP contribution in [0.2, 0.25) is 0 Å². The van der Waals surface area contributed by atoms with Crippen molar-refractivity contribution in [2.45, 2.75) is 10.8 Å². The van der Waals surface area contributed by atoms with E-state index in [-0.39, 0.29) is 0 Å². The zero-order valence-corrected chi connectivity index (χ0v) is 38.1. The summed E-state index contributed by atoms with van der Waals surface area (Å²) in [6, 6.07) is 105. The Morgan fingerprint density at radius 2 is 0.609 bits per heavy atom. The molecule has 0 atom stereocenters. The molecule has 11 aromatic carbocycles. The van der Waals surface area contributed by atoms with E-state index in [0.29, 0.717) is 0 Å². The first kappa shape index (κ1) is 40.5. The molecule has 324 valence electrons. The fourth-order valence-corrected chi connectivity index (χ4v) is 12.0. The second-order valence-corrected chi connectivity index (χ2v) is 18.3. The van der Waals surface area contributed by atoms with Gasteiger partial charge in [0.25, 0.3) is 0 Å². The quantitative estimate of drug-likeness (QED) is 0.140. The summed E-state index contributed by atoms with van der Waals surface area (Å²) in [6.45, 7) is 0. The third-order valence-electron chi connectivity index (χ3n) is 14.8. The molecule has 2 aliphatic carbocycles. The van der Waals surface area contributed by atoms with Gasteiger partial charge in [-0.05, 0) is 114 Å². The molecule has 11 aromatic rings. The number of anilines is 3. The molecule has 0 N–H and O–H groups in total. The van der Waals surface area contributed by atoms with Gasteiger partial charge < -0.3 is 4.90 Å². The highest BCUT2D eigenvalue weighted by Crippen LogP contribution is 2.60. The van der Waals surface area contributed by atoms with Crippen LogP contribution >= 0.6 is 0 Å². The van der Waals surface area contributed by atoms with Gasteiger partial charge in [-0.2, -0.15) is 0 Å². The summed E-state index contributed by atoms with van der Waals surface area (Å²) in [4.78, 5) is 2.50. The predicted octanol–water partition coefficient (Wildman–Crippen LogP) is 17.2. The van der Waals surface area contributed by atoms with Crippen LogP contribution in [0.5, 0.6) is 0 Å². The molecule has 0 saturated heterocycles. The lowest BCUT2D eigenvalue weighted by Gasteiger charge is -2.35. The summed E-state index contributed by atoms with van der Waals surface area (Å²) in [5.41, 5.74) is 22.2. The average molecular weight is 878 g/mol. The van der Waals surface area contributed by atoms with E-state index in [0.717, 1.165) is 22.6 Å². The first-order valence-electron chi connectivity index (χ1n) is 24.0. The van der Waals surface area contributed by atoms with Crippen LogP contribution in [0.15, 0.2) is 285 Å². The number of hydrogen-bond acceptors (Lipinski definition) is 1. The molecular formula is C68H47N. The predicted molar refractivity (Wildman–Crippen MR) is 287 cm³/mol. The van der Waals surface area contributed by atoms with Gasteiger partial charge >= 0.3 is 0 Å². The molecule has 0 amide bonds. The topological polar surface area (TPSA) is 3.24 Å². The van der Waals surface area contributed by atoms with Crippen molar-refractivity contribution >= 4 is 17.1 Å². The van der Waals surface area contributed by atoms with Gasteiger partial charge in [0.05, 0.1) is 16.5 Å². The van der Waals surface area contributed by atoms with E-state index in [1.165, 1.54) is 83.5 Å². The van der Waals surface area contributed by atoms with Crippen LogP contribution in [-0.4, -0.2) is 0 Å². The van der Waals surface area contributed by atoms with E-state index < -0.39 is 10.8 Å². The molecule has 0 saturated carbocycles. The molecule has 0 spiro atoms. The van der Waals surface area contributed by atoms with Crippen molar-refractivity contribution in [2.24, 2.45) is 0 Å². The summed E-state index contributed by atoms with van der Waals surface area (Å²) >= 11 is 0. The largest absolute Gasteiger partial charge is 0.310 e. The molecule has 0 aliphatic heterocycles. The smallest absolute Gasteiger partial charge is 0.0714 e.